The van der Waals surface area contributed by atoms with Crippen LogP contribution in [-0.4, -0.2) is 37.7 Å². The van der Waals surface area contributed by atoms with Gasteiger partial charge in [0.2, 0.25) is 0 Å². The fourth-order valence-corrected chi connectivity index (χ4v) is 3.81. The second kappa shape index (κ2) is 6.80. The van der Waals surface area contributed by atoms with Gasteiger partial charge in [-0.05, 0) is 55.0 Å². The van der Waals surface area contributed by atoms with E-state index in [1.165, 1.54) is 43.6 Å². The van der Waals surface area contributed by atoms with Crippen molar-refractivity contribution in [1.29, 1.82) is 0 Å². The van der Waals surface area contributed by atoms with Crippen molar-refractivity contribution in [3.8, 4) is 5.75 Å². The Balaban J connectivity index is 1.53. The molecule has 0 radical (unpaired) electrons. The molecule has 3 rings (SSSR count). The molecule has 2 aliphatic heterocycles. The van der Waals surface area contributed by atoms with E-state index >= 15 is 0 Å². The van der Waals surface area contributed by atoms with Crippen LogP contribution in [-0.2, 0) is 12.8 Å². The number of likely N-dealkylation sites (tertiary alicyclic amines) is 1. The van der Waals surface area contributed by atoms with Crippen molar-refractivity contribution >= 4 is 0 Å². The predicted molar refractivity (Wildman–Crippen MR) is 86.7 cm³/mol. The maximum absolute atomic E-state index is 5.90. The second-order valence-corrected chi connectivity index (χ2v) is 6.54. The van der Waals surface area contributed by atoms with Crippen molar-refractivity contribution in [3.63, 3.8) is 0 Å². The van der Waals surface area contributed by atoms with Gasteiger partial charge >= 0.3 is 0 Å². The Morgan fingerprint density at radius 3 is 3.05 bits per heavy atom. The van der Waals surface area contributed by atoms with Crippen LogP contribution in [0.5, 0.6) is 5.75 Å². The Kier molecular flexibility index (Phi) is 4.81. The molecule has 1 fully saturated rings. The minimum Gasteiger partial charge on any atom is -0.493 e. The maximum atomic E-state index is 5.90. The fourth-order valence-electron chi connectivity index (χ4n) is 3.81. The van der Waals surface area contributed by atoms with Gasteiger partial charge in [-0.2, -0.15) is 0 Å². The summed E-state index contributed by atoms with van der Waals surface area (Å²) in [6.07, 6.45) is 4.75. The molecule has 1 aromatic carbocycles. The van der Waals surface area contributed by atoms with Crippen LogP contribution in [0.15, 0.2) is 18.2 Å². The summed E-state index contributed by atoms with van der Waals surface area (Å²) in [5.74, 6) is 2.62. The molecule has 0 spiro atoms. The van der Waals surface area contributed by atoms with Crippen molar-refractivity contribution in [2.24, 2.45) is 17.6 Å². The van der Waals surface area contributed by atoms with Gasteiger partial charge in [0.05, 0.1) is 6.61 Å². The predicted octanol–water partition coefficient (Wildman–Crippen LogP) is 2.47. The molecule has 0 aliphatic carbocycles. The molecule has 0 bridgehead atoms. The summed E-state index contributed by atoms with van der Waals surface area (Å²) in [6, 6.07) is 6.72. The lowest BCUT2D eigenvalue weighted by Gasteiger charge is -2.38. The zero-order valence-electron chi connectivity index (χ0n) is 13.2. The summed E-state index contributed by atoms with van der Waals surface area (Å²) in [7, 11) is 0. The molecule has 2 atom stereocenters. The average Bonchev–Trinajstić information content (AvgIpc) is 3.00. The van der Waals surface area contributed by atoms with Crippen LogP contribution in [0.3, 0.4) is 0 Å². The largest absolute Gasteiger partial charge is 0.493 e. The zero-order chi connectivity index (χ0) is 14.7. The monoisotopic (exact) mass is 288 g/mol. The highest BCUT2D eigenvalue weighted by molar-refractivity contribution is 5.39. The topological polar surface area (TPSA) is 38.5 Å². The van der Waals surface area contributed by atoms with Gasteiger partial charge in [0.25, 0.3) is 0 Å². The molecule has 2 heterocycles. The number of hydrogen-bond acceptors (Lipinski definition) is 3. The molecule has 1 saturated heterocycles. The van der Waals surface area contributed by atoms with E-state index in [9.17, 15) is 0 Å². The average molecular weight is 288 g/mol. The molecule has 0 saturated carbocycles. The van der Waals surface area contributed by atoms with E-state index < -0.39 is 0 Å². The molecule has 3 heteroatoms. The minimum atomic E-state index is 0.739. The number of nitrogens with zero attached hydrogens (tertiary/aromatic N) is 1. The fraction of sp³-hybridized carbons (Fsp3) is 0.667. The number of nitrogens with two attached hydrogens (primary N) is 1. The first-order chi connectivity index (χ1) is 10.3. The molecule has 2 N–H and O–H groups in total. The van der Waals surface area contributed by atoms with Gasteiger partial charge in [-0.25, -0.2) is 0 Å². The van der Waals surface area contributed by atoms with Crippen LogP contribution in [0.25, 0.3) is 0 Å². The summed E-state index contributed by atoms with van der Waals surface area (Å²) >= 11 is 0. The quantitative estimate of drug-likeness (QED) is 0.904. The van der Waals surface area contributed by atoms with E-state index in [-0.39, 0.29) is 0 Å². The Labute approximate surface area is 128 Å². The Bertz CT molecular complexity index is 474. The summed E-state index contributed by atoms with van der Waals surface area (Å²) in [6.45, 7) is 7.63. The highest BCUT2D eigenvalue weighted by Crippen LogP contribution is 2.27. The third-order valence-corrected chi connectivity index (χ3v) is 5.27. The van der Waals surface area contributed by atoms with Crippen LogP contribution in [0.1, 0.15) is 30.9 Å². The molecule has 3 nitrogen and oxygen atoms in total. The van der Waals surface area contributed by atoms with Crippen LogP contribution in [0, 0.1) is 11.8 Å². The summed E-state index contributed by atoms with van der Waals surface area (Å²) in [5.41, 5.74) is 8.74. The number of hydrogen-bond donors (Lipinski definition) is 1. The molecular formula is C18H28N2O. The van der Waals surface area contributed by atoms with Gasteiger partial charge in [-0.3, -0.25) is 0 Å². The van der Waals surface area contributed by atoms with E-state index in [4.69, 9.17) is 10.5 Å². The number of benzene rings is 1. The number of ether oxygens (including phenoxy) is 1. The Hall–Kier alpha value is -1.06. The first-order valence-electron chi connectivity index (χ1n) is 8.47. The molecule has 1 aromatic rings. The van der Waals surface area contributed by atoms with E-state index in [1.807, 2.05) is 0 Å². The summed E-state index contributed by atoms with van der Waals surface area (Å²) < 4.78 is 5.58. The third kappa shape index (κ3) is 3.41. The summed E-state index contributed by atoms with van der Waals surface area (Å²) in [4.78, 5) is 2.63. The number of rotatable bonds is 5. The molecule has 0 aromatic heterocycles. The van der Waals surface area contributed by atoms with Crippen LogP contribution < -0.4 is 10.5 Å². The highest BCUT2D eigenvalue weighted by atomic mass is 16.5. The van der Waals surface area contributed by atoms with Crippen molar-refractivity contribution in [1.82, 2.24) is 4.90 Å². The van der Waals surface area contributed by atoms with E-state index in [0.717, 1.165) is 43.6 Å². The van der Waals surface area contributed by atoms with Crippen molar-refractivity contribution < 1.29 is 4.74 Å². The van der Waals surface area contributed by atoms with E-state index in [0.29, 0.717) is 0 Å². The van der Waals surface area contributed by atoms with Crippen molar-refractivity contribution in [2.45, 2.75) is 32.6 Å². The van der Waals surface area contributed by atoms with Gasteiger partial charge in [0, 0.05) is 19.5 Å². The zero-order valence-corrected chi connectivity index (χ0v) is 13.2. The first-order valence-corrected chi connectivity index (χ1v) is 8.47. The first kappa shape index (κ1) is 14.9. The van der Waals surface area contributed by atoms with Crippen molar-refractivity contribution in [2.75, 3.05) is 32.8 Å². The normalized spacial score (nSPS) is 25.6. The van der Waals surface area contributed by atoms with E-state index in [1.54, 1.807) is 0 Å². The number of piperidine rings is 1. The summed E-state index contributed by atoms with van der Waals surface area (Å²) in [5, 5.41) is 0. The smallest absolute Gasteiger partial charge is 0.122 e. The molecule has 116 valence electrons. The molecule has 2 unspecified atom stereocenters. The van der Waals surface area contributed by atoms with Gasteiger partial charge in [0.15, 0.2) is 0 Å². The minimum absolute atomic E-state index is 0.739. The lowest BCUT2D eigenvalue weighted by molar-refractivity contribution is 0.121. The van der Waals surface area contributed by atoms with Crippen LogP contribution in [0.4, 0.5) is 0 Å². The standard InChI is InChI=1S/C18H28N2O/c1-2-15-13-20(9-6-17(15)12-19)8-5-14-3-4-18-16(11-14)7-10-21-18/h3-4,11,15,17H,2,5-10,12-13,19H2,1H3. The number of fused-ring (bicyclic) bond motifs is 1. The Morgan fingerprint density at radius 1 is 1.33 bits per heavy atom. The molecule has 2 aliphatic rings. The second-order valence-electron chi connectivity index (χ2n) is 6.54. The molecule has 0 amide bonds. The molecule has 21 heavy (non-hydrogen) atoms. The van der Waals surface area contributed by atoms with Gasteiger partial charge in [-0.1, -0.05) is 25.5 Å². The third-order valence-electron chi connectivity index (χ3n) is 5.27. The van der Waals surface area contributed by atoms with Gasteiger partial charge < -0.3 is 15.4 Å². The molecular weight excluding hydrogens is 260 g/mol. The van der Waals surface area contributed by atoms with Crippen molar-refractivity contribution in [3.05, 3.63) is 29.3 Å². The maximum Gasteiger partial charge on any atom is 0.122 e. The lowest BCUT2D eigenvalue weighted by Crippen LogP contribution is -2.43. The highest BCUT2D eigenvalue weighted by Gasteiger charge is 2.26. The lowest BCUT2D eigenvalue weighted by atomic mass is 9.84. The van der Waals surface area contributed by atoms with Crippen LogP contribution >= 0.6 is 0 Å². The SMILES string of the molecule is CCC1CN(CCc2ccc3c(c2)CCO3)CCC1CN. The Morgan fingerprint density at radius 2 is 2.24 bits per heavy atom. The van der Waals surface area contributed by atoms with E-state index in [2.05, 4.69) is 30.0 Å². The van der Waals surface area contributed by atoms with Gasteiger partial charge in [0.1, 0.15) is 5.75 Å². The van der Waals surface area contributed by atoms with Gasteiger partial charge in [-0.15, -0.1) is 0 Å². The van der Waals surface area contributed by atoms with Crippen LogP contribution in [0.2, 0.25) is 0 Å².